The van der Waals surface area contributed by atoms with Gasteiger partial charge in [-0.3, -0.25) is 0 Å². The molecule has 0 fully saturated rings. The van der Waals surface area contributed by atoms with Crippen LogP contribution in [0.4, 0.5) is 0 Å². The summed E-state index contributed by atoms with van der Waals surface area (Å²) in [5.74, 6) is 0. The molecule has 15 heavy (non-hydrogen) atoms. The highest BCUT2D eigenvalue weighted by molar-refractivity contribution is 7.78. The summed E-state index contributed by atoms with van der Waals surface area (Å²) in [6, 6.07) is 0. The van der Waals surface area contributed by atoms with Gasteiger partial charge in [0.2, 0.25) is 0 Å². The van der Waals surface area contributed by atoms with Crippen molar-refractivity contribution in [3.8, 4) is 0 Å². The van der Waals surface area contributed by atoms with E-state index in [2.05, 4.69) is 0 Å². The van der Waals surface area contributed by atoms with Gasteiger partial charge in [-0.25, -0.2) is 4.57 Å². The Morgan fingerprint density at radius 3 is 1.27 bits per heavy atom. The lowest BCUT2D eigenvalue weighted by molar-refractivity contribution is 0.286. The molecule has 4 nitrogen and oxygen atoms in total. The molecule has 2 N–H and O–H groups in total. The van der Waals surface area contributed by atoms with E-state index in [4.69, 9.17) is 14.1 Å². The van der Waals surface area contributed by atoms with Crippen LogP contribution in [0.2, 0.25) is 0 Å². The van der Waals surface area contributed by atoms with Crippen LogP contribution >= 0.6 is 15.3 Å². The van der Waals surface area contributed by atoms with Crippen LogP contribution in [-0.2, 0) is 8.88 Å². The lowest BCUT2D eigenvalue weighted by Gasteiger charge is -2.35. The summed E-state index contributed by atoms with van der Waals surface area (Å²) in [4.78, 5) is 18.0. The van der Waals surface area contributed by atoms with Crippen molar-refractivity contribution in [1.82, 2.24) is 0 Å². The minimum atomic E-state index is -4.40. The summed E-state index contributed by atoms with van der Waals surface area (Å²) in [6.07, 6.45) is 0. The molecule has 0 aromatic carbocycles. The van der Waals surface area contributed by atoms with Crippen LogP contribution in [0.5, 0.6) is 0 Å². The van der Waals surface area contributed by atoms with Gasteiger partial charge in [0.15, 0.2) is 7.49 Å². The molecule has 0 unspecified atom stereocenters. The first-order valence-corrected chi connectivity index (χ1v) is 8.63. The minimum absolute atomic E-state index is 0.158. The second kappa shape index (κ2) is 5.25. The zero-order valence-electron chi connectivity index (χ0n) is 10.3. The average molecular weight is 257 g/mol. The van der Waals surface area contributed by atoms with Crippen LogP contribution in [0.15, 0.2) is 0 Å². The molecule has 0 aliphatic heterocycles. The standard InChI is InChI=1S/C9H22O4P2/c1-7(2)14(8(3)4,9(5)6)13-15(10,11)12/h7-9H,1-6H3,(H-,10,11,12)/p+1. The number of phosphoric acid groups is 1. The third-order valence-corrected chi connectivity index (χ3v) is 9.49. The predicted molar refractivity (Wildman–Crippen MR) is 65.5 cm³/mol. The van der Waals surface area contributed by atoms with Crippen LogP contribution in [0.25, 0.3) is 0 Å². The van der Waals surface area contributed by atoms with Gasteiger partial charge in [0.05, 0.1) is 17.0 Å². The molecule has 0 amide bonds. The molecular weight excluding hydrogens is 234 g/mol. The highest BCUT2D eigenvalue weighted by Crippen LogP contribution is 2.76. The highest BCUT2D eigenvalue weighted by atomic mass is 31.3. The molecule has 0 rings (SSSR count). The first kappa shape index (κ1) is 15.5. The molecule has 0 spiro atoms. The van der Waals surface area contributed by atoms with Crippen molar-refractivity contribution in [2.24, 2.45) is 0 Å². The first-order chi connectivity index (χ1) is 6.54. The van der Waals surface area contributed by atoms with Crippen molar-refractivity contribution in [3.05, 3.63) is 0 Å². The van der Waals surface area contributed by atoms with Crippen LogP contribution in [0.3, 0.4) is 0 Å². The molecule has 0 heterocycles. The maximum absolute atomic E-state index is 11.1. The van der Waals surface area contributed by atoms with Crippen molar-refractivity contribution in [2.45, 2.75) is 58.5 Å². The van der Waals surface area contributed by atoms with E-state index >= 15 is 0 Å². The van der Waals surface area contributed by atoms with Crippen LogP contribution < -0.4 is 0 Å². The maximum Gasteiger partial charge on any atom is 0.503 e. The fourth-order valence-electron chi connectivity index (χ4n) is 2.26. The summed E-state index contributed by atoms with van der Waals surface area (Å²) in [5.41, 5.74) is 0.473. The Kier molecular flexibility index (Phi) is 5.44. The molecule has 0 aliphatic carbocycles. The van der Waals surface area contributed by atoms with Gasteiger partial charge in [0.25, 0.3) is 0 Å². The van der Waals surface area contributed by atoms with Crippen molar-refractivity contribution in [2.75, 3.05) is 0 Å². The second-order valence-electron chi connectivity index (χ2n) is 4.62. The van der Waals surface area contributed by atoms with E-state index in [9.17, 15) is 4.57 Å². The zero-order chi connectivity index (χ0) is 12.4. The quantitative estimate of drug-likeness (QED) is 0.742. The van der Waals surface area contributed by atoms with E-state index in [0.717, 1.165) is 0 Å². The van der Waals surface area contributed by atoms with Gasteiger partial charge in [-0.1, -0.05) is 0 Å². The Morgan fingerprint density at radius 2 is 1.20 bits per heavy atom. The SMILES string of the molecule is CC(C)[P+](OP(=O)(O)O)(C(C)C)C(C)C. The normalized spacial score (nSPS) is 14.3. The Bertz CT molecular complexity index is 223. The van der Waals surface area contributed by atoms with Crippen molar-refractivity contribution in [3.63, 3.8) is 0 Å². The summed E-state index contributed by atoms with van der Waals surface area (Å²) in [6.45, 7) is 11.9. The van der Waals surface area contributed by atoms with E-state index < -0.39 is 15.3 Å². The lowest BCUT2D eigenvalue weighted by atomic mass is 10.5. The lowest BCUT2D eigenvalue weighted by Crippen LogP contribution is -2.24. The summed E-state index contributed by atoms with van der Waals surface area (Å²) in [5, 5.41) is 0. The highest BCUT2D eigenvalue weighted by Gasteiger charge is 2.54. The van der Waals surface area contributed by atoms with Crippen LogP contribution in [0, 0.1) is 0 Å². The van der Waals surface area contributed by atoms with Gasteiger partial charge >= 0.3 is 7.82 Å². The van der Waals surface area contributed by atoms with Gasteiger partial charge in [-0.05, 0) is 41.5 Å². The third-order valence-electron chi connectivity index (χ3n) is 2.67. The number of rotatable bonds is 5. The fourth-order valence-corrected chi connectivity index (χ4v) is 9.57. The van der Waals surface area contributed by atoms with E-state index in [1.807, 2.05) is 41.5 Å². The molecule has 0 aromatic rings. The Balaban J connectivity index is 5.25. The second-order valence-corrected chi connectivity index (χ2v) is 10.9. The number of hydrogen-bond donors (Lipinski definition) is 2. The van der Waals surface area contributed by atoms with E-state index in [-0.39, 0.29) is 17.0 Å². The summed E-state index contributed by atoms with van der Waals surface area (Å²) in [7, 11) is -6.50. The summed E-state index contributed by atoms with van der Waals surface area (Å²) < 4.78 is 16.2. The maximum atomic E-state index is 11.1. The molecule has 0 aromatic heterocycles. The molecule has 0 saturated heterocycles. The van der Waals surface area contributed by atoms with Gasteiger partial charge in [-0.2, -0.15) is 0 Å². The van der Waals surface area contributed by atoms with Crippen LogP contribution in [0.1, 0.15) is 41.5 Å². The fraction of sp³-hybridized carbons (Fsp3) is 1.00. The van der Waals surface area contributed by atoms with E-state index in [1.54, 1.807) is 0 Å². The molecule has 0 saturated carbocycles. The van der Waals surface area contributed by atoms with Crippen LogP contribution in [-0.4, -0.2) is 26.8 Å². The Morgan fingerprint density at radius 1 is 0.933 bits per heavy atom. The topological polar surface area (TPSA) is 66.8 Å². The molecule has 0 aliphatic rings. The molecular formula is C9H23O4P2+. The molecule has 0 atom stereocenters. The van der Waals surface area contributed by atoms with E-state index in [1.165, 1.54) is 0 Å². The summed E-state index contributed by atoms with van der Waals surface area (Å²) >= 11 is 0. The largest absolute Gasteiger partial charge is 0.503 e. The predicted octanol–water partition coefficient (Wildman–Crippen LogP) is 3.25. The third kappa shape index (κ3) is 3.80. The average Bonchev–Trinajstić information content (AvgIpc) is 1.96. The zero-order valence-corrected chi connectivity index (χ0v) is 12.1. The van der Waals surface area contributed by atoms with Crippen molar-refractivity contribution >= 4 is 15.3 Å². The van der Waals surface area contributed by atoms with Gasteiger partial charge in [-0.15, -0.1) is 4.31 Å². The molecule has 0 radical (unpaired) electrons. The first-order valence-electron chi connectivity index (χ1n) is 5.19. The van der Waals surface area contributed by atoms with Gasteiger partial charge < -0.3 is 9.79 Å². The minimum Gasteiger partial charge on any atom is -0.301 e. The Labute approximate surface area is 93.1 Å². The van der Waals surface area contributed by atoms with E-state index in [0.29, 0.717) is 0 Å². The van der Waals surface area contributed by atoms with Gasteiger partial charge in [0.1, 0.15) is 0 Å². The van der Waals surface area contributed by atoms with Gasteiger partial charge in [0, 0.05) is 0 Å². The molecule has 0 bridgehead atoms. The number of hydrogen-bond acceptors (Lipinski definition) is 2. The molecule has 92 valence electrons. The smallest absolute Gasteiger partial charge is 0.301 e. The monoisotopic (exact) mass is 257 g/mol. The Hall–Kier alpha value is 0.540. The molecule has 6 heteroatoms. The van der Waals surface area contributed by atoms with Crippen molar-refractivity contribution < 1.29 is 18.7 Å². The van der Waals surface area contributed by atoms with Crippen molar-refractivity contribution in [1.29, 1.82) is 0 Å².